The van der Waals surface area contributed by atoms with Crippen LogP contribution in [0, 0.1) is 0 Å². The van der Waals surface area contributed by atoms with Crippen LogP contribution in [0.4, 0.5) is 5.69 Å². The molecule has 1 unspecified atom stereocenters. The lowest BCUT2D eigenvalue weighted by molar-refractivity contribution is -0.147. The maximum atomic E-state index is 12.7. The van der Waals surface area contributed by atoms with Crippen molar-refractivity contribution >= 4 is 17.6 Å². The summed E-state index contributed by atoms with van der Waals surface area (Å²) in [4.78, 5) is 24.9. The molecule has 0 spiro atoms. The van der Waals surface area contributed by atoms with Gasteiger partial charge in [-0.3, -0.25) is 4.79 Å². The highest BCUT2D eigenvalue weighted by Gasteiger charge is 2.30. The third-order valence-corrected chi connectivity index (χ3v) is 4.43. The molecule has 2 rings (SSSR count). The largest absolute Gasteiger partial charge is 0.464 e. The second kappa shape index (κ2) is 9.30. The predicted molar refractivity (Wildman–Crippen MR) is 94.9 cm³/mol. The number of amides is 1. The highest BCUT2D eigenvalue weighted by molar-refractivity contribution is 6.04. The zero-order chi connectivity index (χ0) is 17.4. The smallest absolute Gasteiger partial charge is 0.338 e. The normalized spacial score (nSPS) is 16.2. The van der Waals surface area contributed by atoms with Gasteiger partial charge >= 0.3 is 5.97 Å². The molecule has 0 radical (unpaired) electrons. The Morgan fingerprint density at radius 3 is 2.54 bits per heavy atom. The molecule has 1 atom stereocenters. The van der Waals surface area contributed by atoms with Gasteiger partial charge < -0.3 is 15.4 Å². The first kappa shape index (κ1) is 18.3. The number of anilines is 1. The molecule has 0 aliphatic heterocycles. The summed E-state index contributed by atoms with van der Waals surface area (Å²) in [5.74, 6) is -0.831. The number of rotatable bonds is 7. The first-order valence-electron chi connectivity index (χ1n) is 8.97. The fourth-order valence-electron chi connectivity index (χ4n) is 3.11. The molecule has 1 aliphatic rings. The van der Waals surface area contributed by atoms with E-state index in [0.29, 0.717) is 0 Å². The van der Waals surface area contributed by atoms with E-state index in [-0.39, 0.29) is 18.6 Å². The van der Waals surface area contributed by atoms with Gasteiger partial charge in [0.25, 0.3) is 5.91 Å². The number of ether oxygens (including phenoxy) is 1. The fraction of sp³-hybridized carbons (Fsp3) is 0.579. The van der Waals surface area contributed by atoms with Crippen LogP contribution in [0.25, 0.3) is 0 Å². The summed E-state index contributed by atoms with van der Waals surface area (Å²) in [5, 5.41) is 6.10. The van der Waals surface area contributed by atoms with Crippen molar-refractivity contribution in [3.05, 3.63) is 29.8 Å². The number of hydrogen-bond donors (Lipinski definition) is 2. The second-order valence-electron chi connectivity index (χ2n) is 6.18. The topological polar surface area (TPSA) is 67.4 Å². The van der Waals surface area contributed by atoms with E-state index < -0.39 is 12.0 Å². The van der Waals surface area contributed by atoms with Crippen LogP contribution >= 0.6 is 0 Å². The molecule has 1 aromatic carbocycles. The average molecular weight is 332 g/mol. The first-order valence-corrected chi connectivity index (χ1v) is 8.97. The molecule has 24 heavy (non-hydrogen) atoms. The van der Waals surface area contributed by atoms with E-state index in [1.165, 1.54) is 6.42 Å². The third kappa shape index (κ3) is 4.98. The van der Waals surface area contributed by atoms with Crippen molar-refractivity contribution in [2.45, 2.75) is 64.5 Å². The van der Waals surface area contributed by atoms with Gasteiger partial charge in [-0.25, -0.2) is 4.79 Å². The Balaban J connectivity index is 2.11. The van der Waals surface area contributed by atoms with Gasteiger partial charge in [0.05, 0.1) is 6.61 Å². The molecule has 2 N–H and O–H groups in total. The molecular weight excluding hydrogens is 304 g/mol. The van der Waals surface area contributed by atoms with Crippen LogP contribution < -0.4 is 10.6 Å². The zero-order valence-electron chi connectivity index (χ0n) is 14.6. The van der Waals surface area contributed by atoms with Crippen molar-refractivity contribution in [2.75, 3.05) is 11.9 Å². The molecule has 1 saturated carbocycles. The minimum atomic E-state index is -1.01. The Labute approximate surface area is 144 Å². The maximum absolute atomic E-state index is 12.7. The highest BCUT2D eigenvalue weighted by Crippen LogP contribution is 2.19. The molecule has 0 bridgehead atoms. The lowest BCUT2D eigenvalue weighted by atomic mass is 9.95. The highest BCUT2D eigenvalue weighted by atomic mass is 16.5. The Kier molecular flexibility index (Phi) is 7.09. The number of benzene rings is 1. The summed E-state index contributed by atoms with van der Waals surface area (Å²) in [6, 6.07) is 6.86. The van der Waals surface area contributed by atoms with Gasteiger partial charge in [0.2, 0.25) is 6.04 Å². The number of esters is 1. The Bertz CT molecular complexity index is 553. The lowest BCUT2D eigenvalue weighted by Gasteiger charge is -2.26. The Morgan fingerprint density at radius 1 is 1.17 bits per heavy atom. The number of aryl methyl sites for hydroxylation is 1. The quantitative estimate of drug-likeness (QED) is 0.595. The van der Waals surface area contributed by atoms with Gasteiger partial charge in [-0.05, 0) is 37.8 Å². The van der Waals surface area contributed by atoms with Crippen molar-refractivity contribution in [3.63, 3.8) is 0 Å². The summed E-state index contributed by atoms with van der Waals surface area (Å²) < 4.78 is 5.10. The Hall–Kier alpha value is -2.04. The van der Waals surface area contributed by atoms with Crippen molar-refractivity contribution in [3.8, 4) is 0 Å². The monoisotopic (exact) mass is 332 g/mol. The summed E-state index contributed by atoms with van der Waals surface area (Å²) in [6.07, 6.45) is 6.25. The summed E-state index contributed by atoms with van der Waals surface area (Å²) in [6.45, 7) is 4.04. The van der Waals surface area contributed by atoms with Gasteiger partial charge in [0.15, 0.2) is 0 Å². The van der Waals surface area contributed by atoms with E-state index in [2.05, 4.69) is 10.6 Å². The molecule has 0 saturated heterocycles. The number of hydrogen-bond acceptors (Lipinski definition) is 4. The standard InChI is InChI=1S/C19H28N2O3/c1-3-14-10-8-9-13-16(14)21-17(19(23)24-4-2)18(22)20-15-11-6-5-7-12-15/h8-10,13,15,17,21H,3-7,11-12H2,1-2H3,(H,20,22). The van der Waals surface area contributed by atoms with Crippen LogP contribution in [0.2, 0.25) is 0 Å². The number of carbonyl (C=O) groups excluding carboxylic acids is 2. The van der Waals surface area contributed by atoms with Crippen molar-refractivity contribution < 1.29 is 14.3 Å². The molecule has 5 heteroatoms. The molecule has 0 heterocycles. The van der Waals surface area contributed by atoms with Crippen LogP contribution in [0.15, 0.2) is 24.3 Å². The van der Waals surface area contributed by atoms with Gasteiger partial charge in [0, 0.05) is 11.7 Å². The van der Waals surface area contributed by atoms with E-state index >= 15 is 0 Å². The number of para-hydroxylation sites is 1. The summed E-state index contributed by atoms with van der Waals surface area (Å²) in [7, 11) is 0. The van der Waals surface area contributed by atoms with Gasteiger partial charge in [0.1, 0.15) is 0 Å². The number of nitrogens with one attached hydrogen (secondary N) is 2. The fourth-order valence-corrected chi connectivity index (χ4v) is 3.11. The SMILES string of the molecule is CCOC(=O)C(Nc1ccccc1CC)C(=O)NC1CCCCC1. The van der Waals surface area contributed by atoms with Crippen molar-refractivity contribution in [1.29, 1.82) is 0 Å². The molecular formula is C19H28N2O3. The van der Waals surface area contributed by atoms with E-state index in [1.54, 1.807) is 6.92 Å². The number of carbonyl (C=O) groups is 2. The van der Waals surface area contributed by atoms with Crippen LogP contribution in [0.3, 0.4) is 0 Å². The van der Waals surface area contributed by atoms with Crippen LogP contribution in [-0.4, -0.2) is 30.6 Å². The van der Waals surface area contributed by atoms with Crippen molar-refractivity contribution in [2.24, 2.45) is 0 Å². The molecule has 1 aliphatic carbocycles. The molecule has 132 valence electrons. The molecule has 1 amide bonds. The van der Waals surface area contributed by atoms with E-state index in [9.17, 15) is 9.59 Å². The second-order valence-corrected chi connectivity index (χ2v) is 6.18. The summed E-state index contributed by atoms with van der Waals surface area (Å²) in [5.41, 5.74) is 1.87. The van der Waals surface area contributed by atoms with Crippen LogP contribution in [0.1, 0.15) is 51.5 Å². The van der Waals surface area contributed by atoms with E-state index in [4.69, 9.17) is 4.74 Å². The maximum Gasteiger partial charge on any atom is 0.338 e. The molecule has 1 aromatic rings. The zero-order valence-corrected chi connectivity index (χ0v) is 14.6. The van der Waals surface area contributed by atoms with Gasteiger partial charge in [-0.15, -0.1) is 0 Å². The van der Waals surface area contributed by atoms with Gasteiger partial charge in [-0.2, -0.15) is 0 Å². The van der Waals surface area contributed by atoms with Gasteiger partial charge in [-0.1, -0.05) is 44.4 Å². The Morgan fingerprint density at radius 2 is 1.88 bits per heavy atom. The molecule has 1 fully saturated rings. The average Bonchev–Trinajstić information content (AvgIpc) is 2.60. The molecule has 0 aromatic heterocycles. The van der Waals surface area contributed by atoms with Crippen LogP contribution in [-0.2, 0) is 20.7 Å². The minimum absolute atomic E-state index is 0.159. The minimum Gasteiger partial charge on any atom is -0.464 e. The summed E-state index contributed by atoms with van der Waals surface area (Å²) >= 11 is 0. The van der Waals surface area contributed by atoms with E-state index in [0.717, 1.165) is 43.4 Å². The first-order chi connectivity index (χ1) is 11.7. The van der Waals surface area contributed by atoms with E-state index in [1.807, 2.05) is 31.2 Å². The molecule has 5 nitrogen and oxygen atoms in total. The van der Waals surface area contributed by atoms with Crippen molar-refractivity contribution in [1.82, 2.24) is 5.32 Å². The third-order valence-electron chi connectivity index (χ3n) is 4.43. The lowest BCUT2D eigenvalue weighted by Crippen LogP contribution is -2.49. The predicted octanol–water partition coefficient (Wildman–Crippen LogP) is 3.04. The van der Waals surface area contributed by atoms with Crippen LogP contribution in [0.5, 0.6) is 0 Å².